The lowest BCUT2D eigenvalue weighted by Gasteiger charge is -2.10. The SMILES string of the molecule is CC(C)NS(=O)(=O)c1ccc(OCC(=O)NCCSc2n[nH]c(-c3ccccc3)n2)cc1. The summed E-state index contributed by atoms with van der Waals surface area (Å²) in [4.78, 5) is 16.5. The Balaban J connectivity index is 1.37. The van der Waals surface area contributed by atoms with Crippen molar-refractivity contribution in [2.24, 2.45) is 0 Å². The topological polar surface area (TPSA) is 126 Å². The molecule has 32 heavy (non-hydrogen) atoms. The number of benzene rings is 2. The molecule has 0 aliphatic rings. The number of hydrogen-bond donors (Lipinski definition) is 3. The van der Waals surface area contributed by atoms with Crippen LogP contribution in [-0.4, -0.2) is 54.5 Å². The first-order valence-electron chi connectivity index (χ1n) is 9.96. The molecule has 0 fully saturated rings. The molecule has 170 valence electrons. The Labute approximate surface area is 191 Å². The second kappa shape index (κ2) is 11.1. The summed E-state index contributed by atoms with van der Waals surface area (Å²) in [6, 6.07) is 15.4. The van der Waals surface area contributed by atoms with E-state index in [0.717, 1.165) is 5.56 Å². The summed E-state index contributed by atoms with van der Waals surface area (Å²) >= 11 is 1.43. The van der Waals surface area contributed by atoms with Crippen molar-refractivity contribution in [3.8, 4) is 17.1 Å². The number of hydrogen-bond acceptors (Lipinski definition) is 7. The number of rotatable bonds is 11. The van der Waals surface area contributed by atoms with Gasteiger partial charge < -0.3 is 10.1 Å². The van der Waals surface area contributed by atoms with E-state index in [1.54, 1.807) is 13.8 Å². The minimum atomic E-state index is -3.56. The van der Waals surface area contributed by atoms with Gasteiger partial charge in [-0.05, 0) is 38.1 Å². The van der Waals surface area contributed by atoms with Crippen molar-refractivity contribution in [3.63, 3.8) is 0 Å². The molecule has 0 spiro atoms. The van der Waals surface area contributed by atoms with Crippen LogP contribution in [0.4, 0.5) is 0 Å². The van der Waals surface area contributed by atoms with Gasteiger partial charge in [0.25, 0.3) is 5.91 Å². The molecular formula is C21H25N5O4S2. The highest BCUT2D eigenvalue weighted by molar-refractivity contribution is 7.99. The first-order chi connectivity index (χ1) is 15.3. The molecule has 1 heterocycles. The van der Waals surface area contributed by atoms with Gasteiger partial charge in [-0.2, -0.15) is 0 Å². The molecule has 0 atom stereocenters. The van der Waals surface area contributed by atoms with E-state index in [2.05, 4.69) is 25.2 Å². The quantitative estimate of drug-likeness (QED) is 0.287. The van der Waals surface area contributed by atoms with E-state index in [-0.39, 0.29) is 23.5 Å². The third-order valence-electron chi connectivity index (χ3n) is 4.06. The summed E-state index contributed by atoms with van der Waals surface area (Å²) < 4.78 is 32.2. The van der Waals surface area contributed by atoms with Gasteiger partial charge in [0.1, 0.15) is 5.75 Å². The van der Waals surface area contributed by atoms with E-state index < -0.39 is 10.0 Å². The predicted octanol–water partition coefficient (Wildman–Crippen LogP) is 2.45. The van der Waals surface area contributed by atoms with Crippen LogP contribution in [0, 0.1) is 0 Å². The van der Waals surface area contributed by atoms with Crippen LogP contribution in [0.1, 0.15) is 13.8 Å². The minimum Gasteiger partial charge on any atom is -0.484 e. The van der Waals surface area contributed by atoms with Gasteiger partial charge in [-0.3, -0.25) is 9.89 Å². The number of ether oxygens (including phenoxy) is 1. The van der Waals surface area contributed by atoms with Crippen LogP contribution in [0.5, 0.6) is 5.75 Å². The molecule has 11 heteroatoms. The second-order valence-electron chi connectivity index (χ2n) is 7.07. The van der Waals surface area contributed by atoms with Crippen molar-refractivity contribution in [2.75, 3.05) is 18.9 Å². The molecule has 9 nitrogen and oxygen atoms in total. The number of sulfonamides is 1. The van der Waals surface area contributed by atoms with E-state index in [1.165, 1.54) is 36.0 Å². The fourth-order valence-electron chi connectivity index (χ4n) is 2.66. The third kappa shape index (κ3) is 7.08. The van der Waals surface area contributed by atoms with Gasteiger partial charge in [0.05, 0.1) is 4.90 Å². The molecule has 0 radical (unpaired) electrons. The highest BCUT2D eigenvalue weighted by Crippen LogP contribution is 2.18. The van der Waals surface area contributed by atoms with E-state index in [1.807, 2.05) is 30.3 Å². The lowest BCUT2D eigenvalue weighted by Crippen LogP contribution is -2.31. The summed E-state index contributed by atoms with van der Waals surface area (Å²) in [7, 11) is -3.56. The van der Waals surface area contributed by atoms with Gasteiger partial charge in [0, 0.05) is 23.9 Å². The maximum Gasteiger partial charge on any atom is 0.257 e. The lowest BCUT2D eigenvalue weighted by molar-refractivity contribution is -0.122. The van der Waals surface area contributed by atoms with Crippen LogP contribution in [0.2, 0.25) is 0 Å². The maximum absolute atomic E-state index is 12.1. The molecule has 0 saturated carbocycles. The molecule has 2 aromatic carbocycles. The van der Waals surface area contributed by atoms with Crippen molar-refractivity contribution in [2.45, 2.75) is 29.9 Å². The van der Waals surface area contributed by atoms with E-state index >= 15 is 0 Å². The smallest absolute Gasteiger partial charge is 0.257 e. The first kappa shape index (κ1) is 23.8. The average molecular weight is 476 g/mol. The number of thioether (sulfide) groups is 1. The number of carbonyl (C=O) groups is 1. The zero-order valence-corrected chi connectivity index (χ0v) is 19.4. The maximum atomic E-state index is 12.1. The molecule has 1 amide bonds. The normalized spacial score (nSPS) is 11.5. The number of aromatic nitrogens is 3. The lowest BCUT2D eigenvalue weighted by atomic mass is 10.2. The molecule has 0 aliphatic heterocycles. The van der Waals surface area contributed by atoms with Gasteiger partial charge in [-0.25, -0.2) is 18.1 Å². The van der Waals surface area contributed by atoms with Crippen LogP contribution < -0.4 is 14.8 Å². The molecule has 0 aliphatic carbocycles. The molecular weight excluding hydrogens is 450 g/mol. The zero-order valence-electron chi connectivity index (χ0n) is 17.7. The number of nitrogens with zero attached hydrogens (tertiary/aromatic N) is 2. The molecule has 3 rings (SSSR count). The summed E-state index contributed by atoms with van der Waals surface area (Å²) in [6.07, 6.45) is 0. The number of carbonyl (C=O) groups excluding carboxylic acids is 1. The van der Waals surface area contributed by atoms with Gasteiger partial charge in [-0.1, -0.05) is 42.1 Å². The van der Waals surface area contributed by atoms with Crippen molar-refractivity contribution < 1.29 is 17.9 Å². The highest BCUT2D eigenvalue weighted by Gasteiger charge is 2.15. The van der Waals surface area contributed by atoms with Crippen LogP contribution >= 0.6 is 11.8 Å². The predicted molar refractivity (Wildman–Crippen MR) is 123 cm³/mol. The molecule has 3 aromatic rings. The van der Waals surface area contributed by atoms with Gasteiger partial charge in [-0.15, -0.1) is 5.10 Å². The van der Waals surface area contributed by atoms with Crippen molar-refractivity contribution >= 4 is 27.7 Å². The number of aromatic amines is 1. The monoisotopic (exact) mass is 475 g/mol. The standard InChI is InChI=1S/C21H25N5O4S2/c1-15(2)26-32(28,29)18-10-8-17(9-11-18)30-14-19(27)22-12-13-31-21-23-20(24-25-21)16-6-4-3-5-7-16/h3-11,15,26H,12-14H2,1-2H3,(H,22,27)(H,23,24,25). The van der Waals surface area contributed by atoms with E-state index in [9.17, 15) is 13.2 Å². The molecule has 0 unspecified atom stereocenters. The Morgan fingerprint density at radius 1 is 1.12 bits per heavy atom. The fraction of sp³-hybridized carbons (Fsp3) is 0.286. The summed E-state index contributed by atoms with van der Waals surface area (Å²) in [5.74, 6) is 1.44. The Hall–Kier alpha value is -2.89. The molecule has 3 N–H and O–H groups in total. The van der Waals surface area contributed by atoms with E-state index in [4.69, 9.17) is 4.74 Å². The Morgan fingerprint density at radius 2 is 1.84 bits per heavy atom. The first-order valence-corrected chi connectivity index (χ1v) is 12.4. The number of amides is 1. The zero-order chi connectivity index (χ0) is 23.0. The number of nitrogens with one attached hydrogen (secondary N) is 3. The van der Waals surface area contributed by atoms with Gasteiger partial charge in [0.15, 0.2) is 12.4 Å². The van der Waals surface area contributed by atoms with Crippen LogP contribution in [0.25, 0.3) is 11.4 Å². The van der Waals surface area contributed by atoms with Crippen molar-refractivity contribution in [1.82, 2.24) is 25.2 Å². The van der Waals surface area contributed by atoms with E-state index in [0.29, 0.717) is 29.0 Å². The van der Waals surface area contributed by atoms with Gasteiger partial charge >= 0.3 is 0 Å². The number of H-pyrrole nitrogens is 1. The Morgan fingerprint density at radius 3 is 2.53 bits per heavy atom. The Kier molecular flexibility index (Phi) is 8.26. The van der Waals surface area contributed by atoms with Gasteiger partial charge in [0.2, 0.25) is 15.2 Å². The van der Waals surface area contributed by atoms with Crippen LogP contribution in [0.15, 0.2) is 64.6 Å². The summed E-state index contributed by atoms with van der Waals surface area (Å²) in [5.41, 5.74) is 0.958. The summed E-state index contributed by atoms with van der Waals surface area (Å²) in [6.45, 7) is 3.76. The highest BCUT2D eigenvalue weighted by atomic mass is 32.2. The van der Waals surface area contributed by atoms with Crippen LogP contribution in [-0.2, 0) is 14.8 Å². The van der Waals surface area contributed by atoms with Crippen molar-refractivity contribution in [1.29, 1.82) is 0 Å². The molecule has 0 saturated heterocycles. The third-order valence-corrected chi connectivity index (χ3v) is 6.59. The van der Waals surface area contributed by atoms with Crippen LogP contribution in [0.3, 0.4) is 0 Å². The second-order valence-corrected chi connectivity index (χ2v) is 9.84. The molecule has 1 aromatic heterocycles. The Bertz CT molecular complexity index is 1120. The minimum absolute atomic E-state index is 0.141. The average Bonchev–Trinajstić information content (AvgIpc) is 3.24. The fourth-order valence-corrected chi connectivity index (χ4v) is 4.57. The molecule has 0 bridgehead atoms. The van der Waals surface area contributed by atoms with Crippen molar-refractivity contribution in [3.05, 3.63) is 54.6 Å². The summed E-state index contributed by atoms with van der Waals surface area (Å²) in [5, 5.41) is 10.4. The largest absolute Gasteiger partial charge is 0.484 e.